The van der Waals surface area contributed by atoms with Gasteiger partial charge >= 0.3 is 0 Å². The molecule has 2 aliphatic rings. The first-order chi connectivity index (χ1) is 12.8. The number of guanidine groups is 1. The standard InChI is InChI=1S/C20H21ClN4O2/c1-19(11-26)7-13-4-3-12(14-5-15(21)9-23-8-14)6-16(13)20(10-19)17(27)25(2)18(22)24-20/h3-6,8-9,26H,7,10-11H2,1-2H3,(H2,22,24)/t19-,20+/m0/s1. The molecule has 3 N–H and O–H groups in total. The smallest absolute Gasteiger partial charge is 0.261 e. The summed E-state index contributed by atoms with van der Waals surface area (Å²) in [5.41, 5.74) is 8.05. The van der Waals surface area contributed by atoms with Gasteiger partial charge in [-0.15, -0.1) is 0 Å². The van der Waals surface area contributed by atoms with Crippen molar-refractivity contribution in [3.8, 4) is 11.1 Å². The van der Waals surface area contributed by atoms with Crippen LogP contribution >= 0.6 is 11.6 Å². The number of aliphatic hydroxyl groups excluding tert-OH is 1. The van der Waals surface area contributed by atoms with E-state index < -0.39 is 11.0 Å². The monoisotopic (exact) mass is 384 g/mol. The van der Waals surface area contributed by atoms with Crippen LogP contribution in [0.3, 0.4) is 0 Å². The van der Waals surface area contributed by atoms with Crippen molar-refractivity contribution in [1.82, 2.24) is 9.88 Å². The van der Waals surface area contributed by atoms with Crippen molar-refractivity contribution in [2.75, 3.05) is 13.7 Å². The third kappa shape index (κ3) is 2.71. The molecule has 1 aliphatic heterocycles. The summed E-state index contributed by atoms with van der Waals surface area (Å²) in [6.45, 7) is 1.95. The average molecular weight is 385 g/mol. The zero-order chi connectivity index (χ0) is 19.4. The minimum atomic E-state index is -1.11. The number of fused-ring (bicyclic) bond motifs is 2. The molecule has 1 aliphatic carbocycles. The van der Waals surface area contributed by atoms with E-state index in [-0.39, 0.29) is 18.5 Å². The predicted molar refractivity (Wildman–Crippen MR) is 104 cm³/mol. The Balaban J connectivity index is 1.93. The molecular formula is C20H21ClN4O2. The van der Waals surface area contributed by atoms with E-state index in [2.05, 4.69) is 9.98 Å². The van der Waals surface area contributed by atoms with Gasteiger partial charge in [0, 0.05) is 31.6 Å². The van der Waals surface area contributed by atoms with Crippen LogP contribution in [0.2, 0.25) is 5.02 Å². The molecule has 0 radical (unpaired) electrons. The van der Waals surface area contributed by atoms with Crippen molar-refractivity contribution in [2.24, 2.45) is 16.1 Å². The number of amides is 1. The maximum absolute atomic E-state index is 13.2. The third-order valence-electron chi connectivity index (χ3n) is 5.58. The molecular weight excluding hydrogens is 364 g/mol. The number of carbonyl (C=O) groups is 1. The Hall–Kier alpha value is -2.44. The fraction of sp³-hybridized carbons (Fsp3) is 0.350. The third-order valence-corrected chi connectivity index (χ3v) is 5.79. The fourth-order valence-electron chi connectivity index (χ4n) is 4.20. The van der Waals surface area contributed by atoms with Crippen LogP contribution in [0.1, 0.15) is 24.5 Å². The van der Waals surface area contributed by atoms with Crippen LogP contribution in [0.4, 0.5) is 0 Å². The SMILES string of the molecule is CN1C(=O)[C@]2(C[C@@](C)(CO)Cc3ccc(-c4cncc(Cl)c4)cc32)N=C1N. The topological polar surface area (TPSA) is 91.8 Å². The van der Waals surface area contributed by atoms with Gasteiger partial charge in [0.15, 0.2) is 11.5 Å². The minimum absolute atomic E-state index is 0.0272. The number of benzene rings is 1. The fourth-order valence-corrected chi connectivity index (χ4v) is 4.38. The van der Waals surface area contributed by atoms with Crippen LogP contribution in [0.5, 0.6) is 0 Å². The maximum Gasteiger partial charge on any atom is 0.261 e. The van der Waals surface area contributed by atoms with Gasteiger partial charge in [-0.05, 0) is 47.1 Å². The molecule has 0 fully saturated rings. The van der Waals surface area contributed by atoms with E-state index in [0.29, 0.717) is 17.9 Å². The first-order valence-corrected chi connectivity index (χ1v) is 9.14. The summed E-state index contributed by atoms with van der Waals surface area (Å²) in [5.74, 6) is 0.0324. The van der Waals surface area contributed by atoms with Crippen LogP contribution in [0.15, 0.2) is 41.7 Å². The second-order valence-electron chi connectivity index (χ2n) is 7.78. The number of halogens is 1. The molecule has 0 unspecified atom stereocenters. The number of pyridine rings is 1. The van der Waals surface area contributed by atoms with Gasteiger partial charge in [-0.3, -0.25) is 14.7 Å². The van der Waals surface area contributed by atoms with Gasteiger partial charge in [0.1, 0.15) is 0 Å². The van der Waals surface area contributed by atoms with Gasteiger partial charge in [0.05, 0.1) is 5.02 Å². The summed E-state index contributed by atoms with van der Waals surface area (Å²) in [6.07, 6.45) is 4.39. The minimum Gasteiger partial charge on any atom is -0.396 e. The van der Waals surface area contributed by atoms with Crippen LogP contribution in [-0.4, -0.2) is 40.5 Å². The molecule has 6 nitrogen and oxygen atoms in total. The zero-order valence-electron chi connectivity index (χ0n) is 15.2. The summed E-state index contributed by atoms with van der Waals surface area (Å²) in [6, 6.07) is 7.80. The van der Waals surface area contributed by atoms with Gasteiger partial charge < -0.3 is 10.8 Å². The highest BCUT2D eigenvalue weighted by Crippen LogP contribution is 2.50. The summed E-state index contributed by atoms with van der Waals surface area (Å²) in [4.78, 5) is 23.3. The van der Waals surface area contributed by atoms with E-state index in [1.54, 1.807) is 19.4 Å². The molecule has 2 heterocycles. The number of carbonyl (C=O) groups excluding carboxylic acids is 1. The zero-order valence-corrected chi connectivity index (χ0v) is 16.0. The van der Waals surface area contributed by atoms with Crippen molar-refractivity contribution >= 4 is 23.5 Å². The molecule has 1 spiro atoms. The highest BCUT2D eigenvalue weighted by Gasteiger charge is 2.55. The van der Waals surface area contributed by atoms with Crippen molar-refractivity contribution < 1.29 is 9.90 Å². The second kappa shape index (κ2) is 6.04. The van der Waals surface area contributed by atoms with E-state index in [4.69, 9.17) is 17.3 Å². The van der Waals surface area contributed by atoms with E-state index >= 15 is 0 Å². The summed E-state index contributed by atoms with van der Waals surface area (Å²) in [7, 11) is 1.63. The molecule has 0 saturated carbocycles. The van der Waals surface area contributed by atoms with Crippen molar-refractivity contribution in [3.05, 3.63) is 52.8 Å². The number of hydrogen-bond donors (Lipinski definition) is 2. The number of aliphatic hydroxyl groups is 1. The predicted octanol–water partition coefficient (Wildman–Crippen LogP) is 2.33. The molecule has 140 valence electrons. The Morgan fingerprint density at radius 2 is 2.07 bits per heavy atom. The molecule has 1 aromatic heterocycles. The largest absolute Gasteiger partial charge is 0.396 e. The van der Waals surface area contributed by atoms with E-state index in [9.17, 15) is 9.90 Å². The second-order valence-corrected chi connectivity index (χ2v) is 8.22. The van der Waals surface area contributed by atoms with Gasteiger partial charge in [-0.1, -0.05) is 30.7 Å². The van der Waals surface area contributed by atoms with Crippen LogP contribution in [0, 0.1) is 5.41 Å². The lowest BCUT2D eigenvalue weighted by atomic mass is 9.64. The normalized spacial score (nSPS) is 27.0. The molecule has 7 heteroatoms. The number of likely N-dealkylation sites (N-methyl/N-ethyl adjacent to an activating group) is 1. The highest BCUT2D eigenvalue weighted by molar-refractivity contribution is 6.30. The summed E-state index contributed by atoms with van der Waals surface area (Å²) >= 11 is 6.09. The molecule has 2 aromatic rings. The molecule has 0 saturated heterocycles. The Labute approximate surface area is 162 Å². The van der Waals surface area contributed by atoms with Gasteiger partial charge in [0.25, 0.3) is 5.91 Å². The van der Waals surface area contributed by atoms with Crippen molar-refractivity contribution in [3.63, 3.8) is 0 Å². The lowest BCUT2D eigenvalue weighted by molar-refractivity contribution is -0.132. The Kier molecular flexibility index (Phi) is 4.01. The van der Waals surface area contributed by atoms with Gasteiger partial charge in [-0.25, -0.2) is 4.99 Å². The Morgan fingerprint density at radius 1 is 1.30 bits per heavy atom. The molecule has 27 heavy (non-hydrogen) atoms. The quantitative estimate of drug-likeness (QED) is 0.831. The molecule has 2 atom stereocenters. The van der Waals surface area contributed by atoms with Crippen LogP contribution < -0.4 is 5.73 Å². The maximum atomic E-state index is 13.2. The van der Waals surface area contributed by atoms with Gasteiger partial charge in [-0.2, -0.15) is 0 Å². The number of aliphatic imine (C=N–C) groups is 1. The van der Waals surface area contributed by atoms with Crippen LogP contribution in [-0.2, 0) is 16.8 Å². The van der Waals surface area contributed by atoms with Gasteiger partial charge in [0.2, 0.25) is 0 Å². The number of nitrogens with two attached hydrogens (primary N) is 1. The molecule has 1 amide bonds. The first-order valence-electron chi connectivity index (χ1n) is 8.77. The van der Waals surface area contributed by atoms with Crippen molar-refractivity contribution in [1.29, 1.82) is 0 Å². The number of hydrogen-bond acceptors (Lipinski definition) is 5. The van der Waals surface area contributed by atoms with Crippen LogP contribution in [0.25, 0.3) is 11.1 Å². The molecule has 1 aromatic carbocycles. The Morgan fingerprint density at radius 3 is 2.70 bits per heavy atom. The number of nitrogens with zero attached hydrogens (tertiary/aromatic N) is 3. The lowest BCUT2D eigenvalue weighted by Crippen LogP contribution is -2.47. The average Bonchev–Trinajstić information content (AvgIpc) is 2.86. The Bertz CT molecular complexity index is 976. The van der Waals surface area contributed by atoms with E-state index in [1.807, 2.05) is 31.2 Å². The number of aromatic nitrogens is 1. The highest BCUT2D eigenvalue weighted by atomic mass is 35.5. The summed E-state index contributed by atoms with van der Waals surface area (Å²) in [5, 5.41) is 10.5. The van der Waals surface area contributed by atoms with Crippen molar-refractivity contribution in [2.45, 2.75) is 25.3 Å². The first kappa shape index (κ1) is 17.9. The molecule has 0 bridgehead atoms. The molecule has 4 rings (SSSR count). The number of rotatable bonds is 2. The lowest BCUT2D eigenvalue weighted by Gasteiger charge is -2.42. The van der Waals surface area contributed by atoms with E-state index in [0.717, 1.165) is 22.3 Å². The summed E-state index contributed by atoms with van der Waals surface area (Å²) < 4.78 is 0. The van der Waals surface area contributed by atoms with E-state index in [1.165, 1.54) is 4.90 Å².